The van der Waals surface area contributed by atoms with Crippen LogP contribution in [0.5, 0.6) is 0 Å². The van der Waals surface area contributed by atoms with Gasteiger partial charge in [0, 0.05) is 37.3 Å². The van der Waals surface area contributed by atoms with Gasteiger partial charge in [-0.25, -0.2) is 4.99 Å². The Hall–Kier alpha value is -1.51. The van der Waals surface area contributed by atoms with E-state index in [4.69, 9.17) is 9.41 Å². The van der Waals surface area contributed by atoms with Crippen molar-refractivity contribution in [3.8, 4) is 0 Å². The molecule has 162 valence electrons. The minimum Gasteiger partial charge on any atom is -0.469 e. The lowest BCUT2D eigenvalue weighted by atomic mass is 9.96. The highest BCUT2D eigenvalue weighted by atomic mass is 127. The fourth-order valence-electron chi connectivity index (χ4n) is 4.08. The highest BCUT2D eigenvalue weighted by molar-refractivity contribution is 14.0. The number of aromatic nitrogens is 2. The quantitative estimate of drug-likeness (QED) is 0.313. The Kier molecular flexibility index (Phi) is 10.0. The van der Waals surface area contributed by atoms with E-state index < -0.39 is 0 Å². The van der Waals surface area contributed by atoms with Gasteiger partial charge in [0.05, 0.1) is 18.5 Å². The molecule has 1 saturated carbocycles. The van der Waals surface area contributed by atoms with Crippen molar-refractivity contribution in [1.29, 1.82) is 0 Å². The van der Waals surface area contributed by atoms with E-state index in [1.807, 2.05) is 23.9 Å². The van der Waals surface area contributed by atoms with Crippen molar-refractivity contribution in [3.05, 3.63) is 41.1 Å². The first-order valence-electron chi connectivity index (χ1n) is 10.8. The normalized spacial score (nSPS) is 15.2. The zero-order valence-electron chi connectivity index (χ0n) is 18.0. The number of hydrogen-bond donors (Lipinski definition) is 2. The molecule has 3 rings (SSSR count). The summed E-state index contributed by atoms with van der Waals surface area (Å²) in [5, 5.41) is 11.9. The molecular weight excluding hydrogens is 477 g/mol. The van der Waals surface area contributed by atoms with Gasteiger partial charge < -0.3 is 15.1 Å². The summed E-state index contributed by atoms with van der Waals surface area (Å²) in [6.45, 7) is 5.83. The van der Waals surface area contributed by atoms with Crippen LogP contribution in [0.3, 0.4) is 0 Å². The number of aliphatic imine (C=N–C) groups is 1. The predicted molar refractivity (Wildman–Crippen MR) is 129 cm³/mol. The molecule has 0 unspecified atom stereocenters. The Balaban J connectivity index is 0.00000300. The van der Waals surface area contributed by atoms with Gasteiger partial charge in [0.25, 0.3) is 0 Å². The van der Waals surface area contributed by atoms with E-state index in [0.29, 0.717) is 12.6 Å². The lowest BCUT2D eigenvalue weighted by molar-refractivity contribution is 0.409. The number of nitrogens with one attached hydrogen (secondary N) is 2. The summed E-state index contributed by atoms with van der Waals surface area (Å²) >= 11 is 0. The van der Waals surface area contributed by atoms with Crippen molar-refractivity contribution in [2.24, 2.45) is 12.0 Å². The fourth-order valence-corrected chi connectivity index (χ4v) is 4.08. The molecule has 2 N–H and O–H groups in total. The number of furan rings is 1. The molecule has 2 heterocycles. The van der Waals surface area contributed by atoms with Gasteiger partial charge in [-0.15, -0.1) is 24.0 Å². The third kappa shape index (κ3) is 6.76. The Morgan fingerprint density at radius 2 is 2.03 bits per heavy atom. The fraction of sp³-hybridized carbons (Fsp3) is 0.636. The number of guanidine groups is 1. The molecule has 1 aliphatic rings. The van der Waals surface area contributed by atoms with Gasteiger partial charge in [0.2, 0.25) is 0 Å². The lowest BCUT2D eigenvalue weighted by Gasteiger charge is -2.25. The molecule has 2 aromatic rings. The van der Waals surface area contributed by atoms with Crippen LogP contribution in [0.15, 0.2) is 27.8 Å². The first-order valence-corrected chi connectivity index (χ1v) is 10.8. The van der Waals surface area contributed by atoms with Gasteiger partial charge in [-0.1, -0.05) is 33.1 Å². The molecule has 29 heavy (non-hydrogen) atoms. The number of hydrogen-bond acceptors (Lipinski definition) is 3. The van der Waals surface area contributed by atoms with Crippen molar-refractivity contribution >= 4 is 29.9 Å². The van der Waals surface area contributed by atoms with Crippen LogP contribution in [0.25, 0.3) is 0 Å². The van der Waals surface area contributed by atoms with Crippen LogP contribution < -0.4 is 10.6 Å². The number of halogens is 1. The minimum atomic E-state index is 0. The van der Waals surface area contributed by atoms with E-state index >= 15 is 0 Å². The summed E-state index contributed by atoms with van der Waals surface area (Å²) in [4.78, 5) is 4.95. The number of aryl methyl sites for hydroxylation is 2. The first kappa shape index (κ1) is 23.8. The SMILES string of the molecule is CCc1nn(C)c(CC)c1CN=C(NCCc1ccco1)NC1CCCCC1.I. The van der Waals surface area contributed by atoms with Gasteiger partial charge in [-0.2, -0.15) is 5.10 Å². The number of nitrogens with zero attached hydrogens (tertiary/aromatic N) is 3. The Morgan fingerprint density at radius 3 is 2.69 bits per heavy atom. The summed E-state index contributed by atoms with van der Waals surface area (Å²) in [6, 6.07) is 4.48. The van der Waals surface area contributed by atoms with Crippen molar-refractivity contribution in [3.63, 3.8) is 0 Å². The van der Waals surface area contributed by atoms with E-state index in [2.05, 4.69) is 29.6 Å². The van der Waals surface area contributed by atoms with E-state index in [0.717, 1.165) is 43.2 Å². The average Bonchev–Trinajstić information content (AvgIpc) is 3.33. The predicted octanol–water partition coefficient (Wildman–Crippen LogP) is 4.37. The van der Waals surface area contributed by atoms with E-state index in [1.54, 1.807) is 6.26 Å². The van der Waals surface area contributed by atoms with Crippen LogP contribution in [0.1, 0.15) is 68.7 Å². The largest absolute Gasteiger partial charge is 0.469 e. The molecule has 0 bridgehead atoms. The molecule has 0 radical (unpaired) electrons. The second kappa shape index (κ2) is 12.2. The van der Waals surface area contributed by atoms with Gasteiger partial charge in [-0.3, -0.25) is 4.68 Å². The van der Waals surface area contributed by atoms with Crippen molar-refractivity contribution in [1.82, 2.24) is 20.4 Å². The van der Waals surface area contributed by atoms with Crippen LogP contribution in [0.2, 0.25) is 0 Å². The molecule has 0 spiro atoms. The molecule has 0 amide bonds. The average molecular weight is 513 g/mol. The minimum absolute atomic E-state index is 0. The van der Waals surface area contributed by atoms with Crippen LogP contribution in [0.4, 0.5) is 0 Å². The zero-order valence-corrected chi connectivity index (χ0v) is 20.4. The van der Waals surface area contributed by atoms with Gasteiger partial charge in [0.1, 0.15) is 5.76 Å². The van der Waals surface area contributed by atoms with Gasteiger partial charge in [0.15, 0.2) is 5.96 Å². The summed E-state index contributed by atoms with van der Waals surface area (Å²) in [7, 11) is 2.04. The van der Waals surface area contributed by atoms with Crippen molar-refractivity contribution in [2.45, 2.75) is 77.8 Å². The third-order valence-corrected chi connectivity index (χ3v) is 5.61. The second-order valence-corrected chi connectivity index (χ2v) is 7.60. The number of rotatable bonds is 8. The standard InChI is InChI=1S/C22H35N5O.HI/c1-4-20-19(21(5-2)27(3)26-20)16-24-22(25-17-10-7-6-8-11-17)23-14-13-18-12-9-15-28-18;/h9,12,15,17H,4-8,10-11,13-14,16H2,1-3H3,(H2,23,24,25);1H. The zero-order chi connectivity index (χ0) is 19.8. The summed E-state index contributed by atoms with van der Waals surface area (Å²) < 4.78 is 7.46. The molecular formula is C22H36IN5O. The van der Waals surface area contributed by atoms with E-state index in [-0.39, 0.29) is 24.0 Å². The lowest BCUT2D eigenvalue weighted by Crippen LogP contribution is -2.44. The first-order chi connectivity index (χ1) is 13.7. The molecule has 1 aliphatic carbocycles. The molecule has 7 heteroatoms. The highest BCUT2D eigenvalue weighted by Crippen LogP contribution is 2.18. The van der Waals surface area contributed by atoms with Crippen LogP contribution in [-0.2, 0) is 32.9 Å². The Bertz CT molecular complexity index is 748. The summed E-state index contributed by atoms with van der Waals surface area (Å²) in [5.74, 6) is 1.91. The van der Waals surface area contributed by atoms with Crippen molar-refractivity contribution in [2.75, 3.05) is 6.54 Å². The van der Waals surface area contributed by atoms with Crippen LogP contribution >= 0.6 is 24.0 Å². The van der Waals surface area contributed by atoms with Crippen molar-refractivity contribution < 1.29 is 4.42 Å². The molecule has 0 atom stereocenters. The Labute approximate surface area is 191 Å². The van der Waals surface area contributed by atoms with E-state index in [9.17, 15) is 0 Å². The maximum Gasteiger partial charge on any atom is 0.191 e. The van der Waals surface area contributed by atoms with Crippen LogP contribution in [-0.4, -0.2) is 28.3 Å². The maximum atomic E-state index is 5.45. The molecule has 0 aliphatic heterocycles. The summed E-state index contributed by atoms with van der Waals surface area (Å²) in [6.07, 6.45) is 10.9. The highest BCUT2D eigenvalue weighted by Gasteiger charge is 2.16. The second-order valence-electron chi connectivity index (χ2n) is 7.60. The molecule has 6 nitrogen and oxygen atoms in total. The third-order valence-electron chi connectivity index (χ3n) is 5.61. The van der Waals surface area contributed by atoms with Gasteiger partial charge in [-0.05, 0) is 37.8 Å². The smallest absolute Gasteiger partial charge is 0.191 e. The monoisotopic (exact) mass is 513 g/mol. The van der Waals surface area contributed by atoms with Crippen LogP contribution in [0, 0.1) is 0 Å². The van der Waals surface area contributed by atoms with E-state index in [1.165, 1.54) is 43.4 Å². The molecule has 2 aromatic heterocycles. The molecule has 1 fully saturated rings. The maximum absolute atomic E-state index is 5.45. The van der Waals surface area contributed by atoms with Gasteiger partial charge >= 0.3 is 0 Å². The molecule has 0 aromatic carbocycles. The summed E-state index contributed by atoms with van der Waals surface area (Å²) in [5.41, 5.74) is 3.73. The topological polar surface area (TPSA) is 67.4 Å². The Morgan fingerprint density at radius 1 is 1.24 bits per heavy atom. The molecule has 0 saturated heterocycles.